The van der Waals surface area contributed by atoms with Crippen molar-refractivity contribution in [1.82, 2.24) is 14.8 Å². The lowest BCUT2D eigenvalue weighted by molar-refractivity contribution is -0.129. The third kappa shape index (κ3) is 7.40. The van der Waals surface area contributed by atoms with Crippen LogP contribution in [0.2, 0.25) is 5.15 Å². The van der Waals surface area contributed by atoms with Gasteiger partial charge >= 0.3 is 6.18 Å². The van der Waals surface area contributed by atoms with Crippen LogP contribution < -0.4 is 4.90 Å². The number of anilines is 1. The number of nitrogens with zero attached hydrogens (tertiary/aromatic N) is 5. The van der Waals surface area contributed by atoms with Crippen molar-refractivity contribution in [3.63, 3.8) is 0 Å². The number of methoxy groups -OCH3 is 1. The third-order valence-corrected chi connectivity index (χ3v) is 5.48. The molecule has 2 heterocycles. The van der Waals surface area contributed by atoms with Crippen LogP contribution in [-0.4, -0.2) is 68.7 Å². The van der Waals surface area contributed by atoms with Gasteiger partial charge in [0.1, 0.15) is 18.1 Å². The number of carbonyl (C=O) groups excluding carboxylic acids is 1. The van der Waals surface area contributed by atoms with E-state index in [0.717, 1.165) is 0 Å². The summed E-state index contributed by atoms with van der Waals surface area (Å²) in [5.74, 6) is -1.72. The number of aromatic nitrogens is 3. The van der Waals surface area contributed by atoms with Gasteiger partial charge in [0.2, 0.25) is 0 Å². The quantitative estimate of drug-likeness (QED) is 0.489. The molecule has 8 nitrogen and oxygen atoms in total. The van der Waals surface area contributed by atoms with E-state index in [9.17, 15) is 22.2 Å². The van der Waals surface area contributed by atoms with Crippen molar-refractivity contribution in [3.05, 3.63) is 35.9 Å². The molecular formula is C18H21ClF3N5O3S. The van der Waals surface area contributed by atoms with Crippen LogP contribution in [0, 0.1) is 0 Å². The van der Waals surface area contributed by atoms with Crippen molar-refractivity contribution >= 4 is 39.7 Å². The summed E-state index contributed by atoms with van der Waals surface area (Å²) in [6, 6.07) is 3.45. The van der Waals surface area contributed by atoms with Gasteiger partial charge in [0.05, 0.1) is 30.3 Å². The lowest BCUT2D eigenvalue weighted by atomic mass is 10.3. The van der Waals surface area contributed by atoms with Crippen LogP contribution >= 0.6 is 11.6 Å². The van der Waals surface area contributed by atoms with Crippen LogP contribution in [0.3, 0.4) is 0 Å². The molecule has 31 heavy (non-hydrogen) atoms. The SMILES string of the molecule is CCN(C(=O)C(CS(=O)CCC(F)(F)F)=NCOC)c1cn(-c2cccnc2)nc1Cl. The predicted octanol–water partition coefficient (Wildman–Crippen LogP) is 3.02. The lowest BCUT2D eigenvalue weighted by Crippen LogP contribution is -2.39. The minimum atomic E-state index is -4.44. The summed E-state index contributed by atoms with van der Waals surface area (Å²) < 4.78 is 55.7. The van der Waals surface area contributed by atoms with E-state index in [-0.39, 0.29) is 29.8 Å². The number of hydrogen-bond acceptors (Lipinski definition) is 6. The molecule has 1 unspecified atom stereocenters. The van der Waals surface area contributed by atoms with Gasteiger partial charge in [0, 0.05) is 36.4 Å². The number of halogens is 4. The fourth-order valence-electron chi connectivity index (χ4n) is 2.50. The molecule has 1 atom stereocenters. The number of pyridine rings is 1. The van der Waals surface area contributed by atoms with Crippen molar-refractivity contribution < 1.29 is 26.9 Å². The standard InChI is InChI=1S/C18H21ClF3N5O3S/c1-3-26(15-10-27(25-16(15)19)13-5-4-7-23-9-13)17(28)14(24-12-30-2)11-31(29)8-6-18(20,21)22/h4-5,7,9-10H,3,6,8,11-12H2,1-2H3. The Hall–Kier alpha value is -2.31. The summed E-state index contributed by atoms with van der Waals surface area (Å²) in [5, 5.41) is 4.20. The normalized spacial score (nSPS) is 13.3. The maximum Gasteiger partial charge on any atom is 0.390 e. The summed E-state index contributed by atoms with van der Waals surface area (Å²) >= 11 is 6.23. The number of alkyl halides is 3. The summed E-state index contributed by atoms with van der Waals surface area (Å²) in [4.78, 5) is 22.3. The Bertz CT molecular complexity index is 937. The molecule has 0 bridgehead atoms. The molecule has 0 saturated carbocycles. The van der Waals surface area contributed by atoms with Gasteiger partial charge < -0.3 is 9.64 Å². The maximum atomic E-state index is 13.1. The summed E-state index contributed by atoms with van der Waals surface area (Å²) in [5.41, 5.74) is 0.708. The van der Waals surface area contributed by atoms with Crippen LogP contribution in [-0.2, 0) is 20.3 Å². The zero-order valence-corrected chi connectivity index (χ0v) is 18.4. The molecule has 0 fully saturated rings. The zero-order valence-electron chi connectivity index (χ0n) is 16.8. The van der Waals surface area contributed by atoms with Gasteiger partial charge in [-0.25, -0.2) is 4.68 Å². The van der Waals surface area contributed by atoms with Crippen LogP contribution in [0.15, 0.2) is 35.7 Å². The van der Waals surface area contributed by atoms with E-state index in [1.54, 1.807) is 31.5 Å². The minimum Gasteiger partial charge on any atom is -0.363 e. The van der Waals surface area contributed by atoms with Gasteiger partial charge in [-0.15, -0.1) is 0 Å². The van der Waals surface area contributed by atoms with Gasteiger partial charge in [-0.3, -0.25) is 19.0 Å². The molecule has 0 spiro atoms. The first-order valence-corrected chi connectivity index (χ1v) is 10.9. The van der Waals surface area contributed by atoms with Gasteiger partial charge in [-0.05, 0) is 19.1 Å². The Labute approximate surface area is 184 Å². The number of hydrogen-bond donors (Lipinski definition) is 0. The van der Waals surface area contributed by atoms with Crippen molar-refractivity contribution in [1.29, 1.82) is 0 Å². The molecule has 0 saturated heterocycles. The molecule has 0 aromatic carbocycles. The van der Waals surface area contributed by atoms with E-state index in [4.69, 9.17) is 16.3 Å². The molecule has 0 aliphatic heterocycles. The largest absolute Gasteiger partial charge is 0.390 e. The van der Waals surface area contributed by atoms with Gasteiger partial charge in [0.25, 0.3) is 5.91 Å². The third-order valence-electron chi connectivity index (χ3n) is 3.96. The molecule has 2 aromatic heterocycles. The van der Waals surface area contributed by atoms with E-state index in [1.165, 1.54) is 22.9 Å². The molecule has 0 N–H and O–H groups in total. The predicted molar refractivity (Wildman–Crippen MR) is 112 cm³/mol. The molecule has 0 aliphatic rings. The van der Waals surface area contributed by atoms with Crippen molar-refractivity contribution in [3.8, 4) is 5.69 Å². The van der Waals surface area contributed by atoms with Crippen molar-refractivity contribution in [2.75, 3.05) is 36.8 Å². The molecule has 0 aliphatic carbocycles. The van der Waals surface area contributed by atoms with Crippen molar-refractivity contribution in [2.24, 2.45) is 4.99 Å². The fraction of sp³-hybridized carbons (Fsp3) is 0.444. The van der Waals surface area contributed by atoms with Crippen LogP contribution in [0.5, 0.6) is 0 Å². The van der Waals surface area contributed by atoms with E-state index in [1.807, 2.05) is 0 Å². The highest BCUT2D eigenvalue weighted by molar-refractivity contribution is 7.85. The summed E-state index contributed by atoms with van der Waals surface area (Å²) in [6.45, 7) is 1.64. The first kappa shape index (κ1) is 25.0. The number of ether oxygens (including phenoxy) is 1. The highest BCUT2D eigenvalue weighted by Crippen LogP contribution is 2.26. The molecule has 13 heteroatoms. The fourth-order valence-corrected chi connectivity index (χ4v) is 3.85. The number of aliphatic imine (C=N–C) groups is 1. The maximum absolute atomic E-state index is 13.1. The molecule has 170 valence electrons. The highest BCUT2D eigenvalue weighted by atomic mass is 35.5. The smallest absolute Gasteiger partial charge is 0.363 e. The molecular weight excluding hydrogens is 459 g/mol. The number of carbonyl (C=O) groups is 1. The lowest BCUT2D eigenvalue weighted by Gasteiger charge is -2.20. The second-order valence-electron chi connectivity index (χ2n) is 6.19. The molecule has 2 rings (SSSR count). The van der Waals surface area contributed by atoms with E-state index in [2.05, 4.69) is 15.1 Å². The number of amides is 1. The van der Waals surface area contributed by atoms with Crippen molar-refractivity contribution in [2.45, 2.75) is 19.5 Å². The Kier molecular flexibility index (Phi) is 9.14. The average molecular weight is 480 g/mol. The van der Waals surface area contributed by atoms with Crippen LogP contribution in [0.25, 0.3) is 5.69 Å². The first-order chi connectivity index (χ1) is 14.7. The molecule has 1 amide bonds. The second kappa shape index (κ2) is 11.3. The number of rotatable bonds is 10. The first-order valence-electron chi connectivity index (χ1n) is 9.07. The summed E-state index contributed by atoms with van der Waals surface area (Å²) in [6.07, 6.45) is -0.982. The minimum absolute atomic E-state index is 0.0309. The molecule has 0 radical (unpaired) electrons. The topological polar surface area (TPSA) is 89.7 Å². The monoisotopic (exact) mass is 479 g/mol. The van der Waals surface area contributed by atoms with Gasteiger partial charge in [-0.2, -0.15) is 18.3 Å². The Balaban J connectivity index is 2.26. The van der Waals surface area contributed by atoms with E-state index >= 15 is 0 Å². The second-order valence-corrected chi connectivity index (χ2v) is 8.12. The average Bonchev–Trinajstić information content (AvgIpc) is 3.11. The van der Waals surface area contributed by atoms with Gasteiger partial charge in [0.15, 0.2) is 5.15 Å². The Morgan fingerprint density at radius 3 is 2.74 bits per heavy atom. The van der Waals surface area contributed by atoms with Crippen LogP contribution in [0.1, 0.15) is 13.3 Å². The van der Waals surface area contributed by atoms with E-state index in [0.29, 0.717) is 5.69 Å². The van der Waals surface area contributed by atoms with Crippen LogP contribution in [0.4, 0.5) is 18.9 Å². The molecule has 2 aromatic rings. The Morgan fingerprint density at radius 1 is 1.42 bits per heavy atom. The zero-order chi connectivity index (χ0) is 23.0. The highest BCUT2D eigenvalue weighted by Gasteiger charge is 2.29. The van der Waals surface area contributed by atoms with Gasteiger partial charge in [-0.1, -0.05) is 11.6 Å². The van der Waals surface area contributed by atoms with E-state index < -0.39 is 40.8 Å². The summed E-state index contributed by atoms with van der Waals surface area (Å²) in [7, 11) is -0.595. The Morgan fingerprint density at radius 2 is 2.16 bits per heavy atom.